The number of halogens is 2. The predicted octanol–water partition coefficient (Wildman–Crippen LogP) is 4.76. The van der Waals surface area contributed by atoms with Crippen LogP contribution in [-0.2, 0) is 6.42 Å². The van der Waals surface area contributed by atoms with Crippen molar-refractivity contribution >= 4 is 39.0 Å². The number of aryl methyl sites for hydroxylation is 1. The SMILES string of the molecule is ClCCCc1cccc(Nc2ccc(Br)cn2)c1. The van der Waals surface area contributed by atoms with E-state index in [2.05, 4.69) is 38.4 Å². The zero-order valence-corrected chi connectivity index (χ0v) is 12.2. The van der Waals surface area contributed by atoms with E-state index in [1.807, 2.05) is 24.3 Å². The lowest BCUT2D eigenvalue weighted by Crippen LogP contribution is -1.94. The highest BCUT2D eigenvalue weighted by Gasteiger charge is 1.98. The average Bonchev–Trinajstić information content (AvgIpc) is 2.40. The average molecular weight is 326 g/mol. The molecule has 0 saturated carbocycles. The first kappa shape index (κ1) is 13.4. The van der Waals surface area contributed by atoms with Gasteiger partial charge in [0.25, 0.3) is 0 Å². The first-order chi connectivity index (χ1) is 8.78. The Bertz CT molecular complexity index is 499. The fourth-order valence-electron chi connectivity index (χ4n) is 1.67. The van der Waals surface area contributed by atoms with Gasteiger partial charge in [-0.25, -0.2) is 4.98 Å². The number of alkyl halides is 1. The third kappa shape index (κ3) is 4.00. The van der Waals surface area contributed by atoms with E-state index in [-0.39, 0.29) is 0 Å². The summed E-state index contributed by atoms with van der Waals surface area (Å²) in [6.45, 7) is 0. The van der Waals surface area contributed by atoms with E-state index in [0.717, 1.165) is 28.8 Å². The Morgan fingerprint density at radius 2 is 2.11 bits per heavy atom. The van der Waals surface area contributed by atoms with Crippen molar-refractivity contribution in [3.63, 3.8) is 0 Å². The summed E-state index contributed by atoms with van der Waals surface area (Å²) in [7, 11) is 0. The molecular weight excluding hydrogens is 312 g/mol. The van der Waals surface area contributed by atoms with Crippen LogP contribution in [0.4, 0.5) is 11.5 Å². The second-order valence-electron chi connectivity index (χ2n) is 3.98. The van der Waals surface area contributed by atoms with Gasteiger partial charge in [-0.2, -0.15) is 0 Å². The zero-order chi connectivity index (χ0) is 12.8. The molecule has 0 fully saturated rings. The quantitative estimate of drug-likeness (QED) is 0.802. The molecule has 1 aromatic carbocycles. The van der Waals surface area contributed by atoms with E-state index in [1.165, 1.54) is 5.56 Å². The highest BCUT2D eigenvalue weighted by Crippen LogP contribution is 2.18. The zero-order valence-electron chi connectivity index (χ0n) is 9.87. The highest BCUT2D eigenvalue weighted by molar-refractivity contribution is 9.10. The molecule has 0 unspecified atom stereocenters. The summed E-state index contributed by atoms with van der Waals surface area (Å²) in [6, 6.07) is 12.2. The van der Waals surface area contributed by atoms with Crippen molar-refractivity contribution in [2.24, 2.45) is 0 Å². The molecular formula is C14H14BrClN2. The van der Waals surface area contributed by atoms with E-state index < -0.39 is 0 Å². The number of rotatable bonds is 5. The van der Waals surface area contributed by atoms with E-state index in [4.69, 9.17) is 11.6 Å². The van der Waals surface area contributed by atoms with Gasteiger partial charge in [0.1, 0.15) is 5.82 Å². The number of anilines is 2. The van der Waals surface area contributed by atoms with E-state index in [0.29, 0.717) is 5.88 Å². The second kappa shape index (κ2) is 6.76. The number of nitrogens with zero attached hydrogens (tertiary/aromatic N) is 1. The van der Waals surface area contributed by atoms with Gasteiger partial charge in [-0.3, -0.25) is 0 Å². The maximum atomic E-state index is 5.71. The van der Waals surface area contributed by atoms with Crippen molar-refractivity contribution < 1.29 is 0 Å². The molecule has 2 rings (SSSR count). The normalized spacial score (nSPS) is 10.3. The van der Waals surface area contributed by atoms with Crippen LogP contribution in [0.2, 0.25) is 0 Å². The second-order valence-corrected chi connectivity index (χ2v) is 5.27. The van der Waals surface area contributed by atoms with Crippen LogP contribution < -0.4 is 5.32 Å². The van der Waals surface area contributed by atoms with Crippen molar-refractivity contribution in [3.8, 4) is 0 Å². The molecule has 94 valence electrons. The van der Waals surface area contributed by atoms with Crippen LogP contribution in [0.3, 0.4) is 0 Å². The van der Waals surface area contributed by atoms with Gasteiger partial charge in [0, 0.05) is 22.2 Å². The van der Waals surface area contributed by atoms with E-state index >= 15 is 0 Å². The molecule has 0 saturated heterocycles. The number of aromatic nitrogens is 1. The van der Waals surface area contributed by atoms with Gasteiger partial charge >= 0.3 is 0 Å². The molecule has 0 radical (unpaired) electrons. The van der Waals surface area contributed by atoms with Crippen LogP contribution in [0.15, 0.2) is 47.1 Å². The molecule has 0 amide bonds. The summed E-state index contributed by atoms with van der Waals surface area (Å²) in [5.41, 5.74) is 2.34. The van der Waals surface area contributed by atoms with Crippen LogP contribution >= 0.6 is 27.5 Å². The van der Waals surface area contributed by atoms with Gasteiger partial charge in [0.05, 0.1) is 0 Å². The molecule has 0 aliphatic carbocycles. The van der Waals surface area contributed by atoms with Gasteiger partial charge in [-0.05, 0) is 58.6 Å². The van der Waals surface area contributed by atoms with Crippen molar-refractivity contribution in [2.75, 3.05) is 11.2 Å². The smallest absolute Gasteiger partial charge is 0.130 e. The molecule has 0 aliphatic rings. The topological polar surface area (TPSA) is 24.9 Å². The standard InChI is InChI=1S/C14H14BrClN2/c15-12-6-7-14(17-10-12)18-13-5-1-3-11(9-13)4-2-8-16/h1,3,5-7,9-10H,2,4,8H2,(H,17,18). The van der Waals surface area contributed by atoms with Gasteiger partial charge in [0.15, 0.2) is 0 Å². The Kier molecular flexibility index (Phi) is 5.02. The molecule has 2 aromatic rings. The molecule has 4 heteroatoms. The van der Waals surface area contributed by atoms with Gasteiger partial charge in [-0.1, -0.05) is 12.1 Å². The lowest BCUT2D eigenvalue weighted by molar-refractivity contribution is 0.929. The predicted molar refractivity (Wildman–Crippen MR) is 80.7 cm³/mol. The van der Waals surface area contributed by atoms with Crippen molar-refractivity contribution in [2.45, 2.75) is 12.8 Å². The third-order valence-electron chi connectivity index (χ3n) is 2.53. The Balaban J connectivity index is 2.06. The minimum absolute atomic E-state index is 0.700. The molecule has 1 heterocycles. The third-order valence-corrected chi connectivity index (χ3v) is 3.26. The number of benzene rings is 1. The Hall–Kier alpha value is -1.06. The van der Waals surface area contributed by atoms with Crippen LogP contribution in [-0.4, -0.2) is 10.9 Å². The number of hydrogen-bond donors (Lipinski definition) is 1. The van der Waals surface area contributed by atoms with Crippen LogP contribution in [0.25, 0.3) is 0 Å². The largest absolute Gasteiger partial charge is 0.340 e. The van der Waals surface area contributed by atoms with Crippen LogP contribution in [0.1, 0.15) is 12.0 Å². The summed E-state index contributed by atoms with van der Waals surface area (Å²) in [5.74, 6) is 1.54. The fourth-order valence-corrected chi connectivity index (χ4v) is 2.04. The summed E-state index contributed by atoms with van der Waals surface area (Å²) < 4.78 is 0.976. The first-order valence-electron chi connectivity index (χ1n) is 5.81. The molecule has 1 aromatic heterocycles. The summed E-state index contributed by atoms with van der Waals surface area (Å²) in [5, 5.41) is 3.28. The Morgan fingerprint density at radius 3 is 2.83 bits per heavy atom. The monoisotopic (exact) mass is 324 g/mol. The van der Waals surface area contributed by atoms with Crippen molar-refractivity contribution in [3.05, 3.63) is 52.6 Å². The molecule has 1 N–H and O–H groups in total. The molecule has 0 atom stereocenters. The number of nitrogens with one attached hydrogen (secondary N) is 1. The van der Waals surface area contributed by atoms with Gasteiger partial charge in [-0.15, -0.1) is 11.6 Å². The van der Waals surface area contributed by atoms with Crippen molar-refractivity contribution in [1.82, 2.24) is 4.98 Å². The Morgan fingerprint density at radius 1 is 1.22 bits per heavy atom. The number of pyridine rings is 1. The lowest BCUT2D eigenvalue weighted by atomic mass is 10.1. The lowest BCUT2D eigenvalue weighted by Gasteiger charge is -2.07. The van der Waals surface area contributed by atoms with Crippen LogP contribution in [0.5, 0.6) is 0 Å². The van der Waals surface area contributed by atoms with Crippen molar-refractivity contribution in [1.29, 1.82) is 0 Å². The fraction of sp³-hybridized carbons (Fsp3) is 0.214. The molecule has 0 spiro atoms. The highest BCUT2D eigenvalue weighted by atomic mass is 79.9. The van der Waals surface area contributed by atoms with E-state index in [1.54, 1.807) is 6.20 Å². The van der Waals surface area contributed by atoms with Crippen LogP contribution in [0, 0.1) is 0 Å². The molecule has 2 nitrogen and oxygen atoms in total. The minimum Gasteiger partial charge on any atom is -0.340 e. The summed E-state index contributed by atoms with van der Waals surface area (Å²) in [6.07, 6.45) is 3.79. The molecule has 0 aliphatic heterocycles. The number of hydrogen-bond acceptors (Lipinski definition) is 2. The van der Waals surface area contributed by atoms with Gasteiger partial charge < -0.3 is 5.32 Å². The van der Waals surface area contributed by atoms with E-state index in [9.17, 15) is 0 Å². The molecule has 18 heavy (non-hydrogen) atoms. The maximum absolute atomic E-state index is 5.71. The maximum Gasteiger partial charge on any atom is 0.130 e. The summed E-state index contributed by atoms with van der Waals surface area (Å²) in [4.78, 5) is 4.29. The minimum atomic E-state index is 0.700. The molecule has 0 bridgehead atoms. The van der Waals surface area contributed by atoms with Gasteiger partial charge in [0.2, 0.25) is 0 Å². The first-order valence-corrected chi connectivity index (χ1v) is 7.14. The summed E-state index contributed by atoms with van der Waals surface area (Å²) >= 11 is 9.07. The Labute approximate surface area is 121 Å².